The lowest BCUT2D eigenvalue weighted by molar-refractivity contribution is -0.157. The zero-order valence-electron chi connectivity index (χ0n) is 13.4. The maximum Gasteiger partial charge on any atom is 0.326 e. The topological polar surface area (TPSA) is 109 Å². The predicted octanol–water partition coefficient (Wildman–Crippen LogP) is 2.30. The van der Waals surface area contributed by atoms with E-state index in [1.807, 2.05) is 26.0 Å². The molecule has 1 rings (SSSR count). The van der Waals surface area contributed by atoms with Crippen molar-refractivity contribution >= 4 is 5.97 Å². The van der Waals surface area contributed by atoms with Gasteiger partial charge in [-0.25, -0.2) is 5.01 Å². The molecule has 0 aliphatic heterocycles. The Morgan fingerprint density at radius 2 is 2.00 bits per heavy atom. The summed E-state index contributed by atoms with van der Waals surface area (Å²) >= 11 is 0. The number of hydrogen-bond donors (Lipinski definition) is 1. The number of ether oxygens (including phenoxy) is 1. The van der Waals surface area contributed by atoms with Gasteiger partial charge in [0, 0.05) is 0 Å². The third kappa shape index (κ3) is 5.04. The second-order valence-electron chi connectivity index (χ2n) is 5.25. The zero-order chi connectivity index (χ0) is 17.3. The summed E-state index contributed by atoms with van der Waals surface area (Å²) in [7, 11) is 0. The van der Waals surface area contributed by atoms with E-state index in [1.165, 1.54) is 0 Å². The number of hydrogen-bond acceptors (Lipinski definition) is 6. The molecule has 0 aromatic heterocycles. The lowest BCUT2D eigenvalue weighted by atomic mass is 9.94. The Morgan fingerprint density at radius 1 is 1.39 bits per heavy atom. The second-order valence-corrected chi connectivity index (χ2v) is 5.25. The Labute approximate surface area is 136 Å². The van der Waals surface area contributed by atoms with Crippen LogP contribution in [0.2, 0.25) is 0 Å². The van der Waals surface area contributed by atoms with Gasteiger partial charge in [0.2, 0.25) is 0 Å². The molecule has 0 aliphatic rings. The minimum absolute atomic E-state index is 0.00365. The molecule has 1 aromatic carbocycles. The number of rotatable bonds is 9. The second kappa shape index (κ2) is 8.86. The quantitative estimate of drug-likeness (QED) is 0.324. The van der Waals surface area contributed by atoms with E-state index < -0.39 is 17.6 Å². The third-order valence-electron chi connectivity index (χ3n) is 3.83. The zero-order valence-corrected chi connectivity index (χ0v) is 13.4. The summed E-state index contributed by atoms with van der Waals surface area (Å²) in [5.74, 6) is -0.529. The largest absolute Gasteiger partial charge is 0.454 e. The maximum absolute atomic E-state index is 12.4. The molecule has 1 unspecified atom stereocenters. The van der Waals surface area contributed by atoms with Gasteiger partial charge in [0.25, 0.3) is 0 Å². The van der Waals surface area contributed by atoms with Crippen LogP contribution in [0.5, 0.6) is 0 Å². The Balaban J connectivity index is 2.99. The molecule has 0 bridgehead atoms. The first kappa shape index (κ1) is 18.6. The molecule has 1 aromatic rings. The summed E-state index contributed by atoms with van der Waals surface area (Å²) in [5, 5.41) is 12.5. The molecule has 0 fully saturated rings. The molecular weight excluding hydrogens is 296 g/mol. The highest BCUT2D eigenvalue weighted by molar-refractivity contribution is 5.80. The average Bonchev–Trinajstić information content (AvgIpc) is 2.60. The van der Waals surface area contributed by atoms with Crippen molar-refractivity contribution in [2.45, 2.75) is 38.3 Å². The smallest absolute Gasteiger partial charge is 0.326 e. The van der Waals surface area contributed by atoms with Gasteiger partial charge in [0.15, 0.2) is 0 Å². The molecule has 0 saturated carbocycles. The summed E-state index contributed by atoms with van der Waals surface area (Å²) in [6, 6.07) is 10.8. The number of nitriles is 1. The van der Waals surface area contributed by atoms with Crippen LogP contribution in [0.25, 0.3) is 0 Å². The van der Waals surface area contributed by atoms with Gasteiger partial charge < -0.3 is 10.5 Å². The van der Waals surface area contributed by atoms with Crippen LogP contribution in [0, 0.1) is 16.2 Å². The molecule has 0 spiro atoms. The molecule has 0 aliphatic carbocycles. The fourth-order valence-corrected chi connectivity index (χ4v) is 2.06. The third-order valence-corrected chi connectivity index (χ3v) is 3.83. The van der Waals surface area contributed by atoms with Crippen molar-refractivity contribution < 1.29 is 9.53 Å². The molecule has 7 nitrogen and oxygen atoms in total. The Hall–Kier alpha value is -2.46. The average molecular weight is 318 g/mol. The van der Waals surface area contributed by atoms with Crippen LogP contribution in [-0.2, 0) is 9.53 Å². The van der Waals surface area contributed by atoms with Gasteiger partial charge >= 0.3 is 5.97 Å². The number of nitroso groups, excluding NO2 is 1. The number of carbonyl (C=O) groups is 1. The van der Waals surface area contributed by atoms with Crippen LogP contribution in [0.15, 0.2) is 35.6 Å². The van der Waals surface area contributed by atoms with Crippen LogP contribution in [0.4, 0.5) is 0 Å². The molecule has 1 atom stereocenters. The Kier molecular flexibility index (Phi) is 7.16. The normalized spacial score (nSPS) is 12.1. The first-order valence-corrected chi connectivity index (χ1v) is 7.50. The molecule has 0 radical (unpaired) electrons. The minimum Gasteiger partial charge on any atom is -0.454 e. The Morgan fingerprint density at radius 3 is 2.48 bits per heavy atom. The molecule has 7 heteroatoms. The van der Waals surface area contributed by atoms with Crippen LogP contribution < -0.4 is 5.73 Å². The molecular formula is C16H22N4O3. The van der Waals surface area contributed by atoms with Gasteiger partial charge in [0.05, 0.1) is 17.9 Å². The highest BCUT2D eigenvalue weighted by atomic mass is 16.5. The molecule has 0 heterocycles. The highest BCUT2D eigenvalue weighted by Crippen LogP contribution is 2.23. The summed E-state index contributed by atoms with van der Waals surface area (Å²) in [4.78, 5) is 23.2. The lowest BCUT2D eigenvalue weighted by Crippen LogP contribution is -2.48. The molecule has 23 heavy (non-hydrogen) atoms. The van der Waals surface area contributed by atoms with Crippen molar-refractivity contribution in [1.29, 1.82) is 5.26 Å². The summed E-state index contributed by atoms with van der Waals surface area (Å²) in [6.07, 6.45) is 0.158. The van der Waals surface area contributed by atoms with E-state index in [4.69, 9.17) is 15.7 Å². The molecule has 0 saturated heterocycles. The van der Waals surface area contributed by atoms with Gasteiger partial charge in [-0.3, -0.25) is 4.79 Å². The van der Waals surface area contributed by atoms with Crippen molar-refractivity contribution in [1.82, 2.24) is 5.01 Å². The molecule has 0 amide bonds. The molecule has 124 valence electrons. The van der Waals surface area contributed by atoms with E-state index in [1.54, 1.807) is 24.3 Å². The van der Waals surface area contributed by atoms with Gasteiger partial charge in [-0.15, -0.1) is 4.91 Å². The number of nitrogens with two attached hydrogens (primary N) is 1. The SMILES string of the molecule is CCC(N)(CC)C(=O)OC(CN(CC#N)N=O)c1ccccc1. The number of benzene rings is 1. The van der Waals surface area contributed by atoms with Crippen molar-refractivity contribution in [3.8, 4) is 6.07 Å². The summed E-state index contributed by atoms with van der Waals surface area (Å²) in [5.41, 5.74) is 5.71. The first-order chi connectivity index (χ1) is 11.0. The first-order valence-electron chi connectivity index (χ1n) is 7.50. The predicted molar refractivity (Wildman–Crippen MR) is 85.8 cm³/mol. The van der Waals surface area contributed by atoms with Crippen LogP contribution in [0.3, 0.4) is 0 Å². The fraction of sp³-hybridized carbons (Fsp3) is 0.500. The van der Waals surface area contributed by atoms with E-state index in [0.29, 0.717) is 18.4 Å². The maximum atomic E-state index is 12.4. The van der Waals surface area contributed by atoms with Crippen LogP contribution in [0.1, 0.15) is 38.4 Å². The fourth-order valence-electron chi connectivity index (χ4n) is 2.06. The van der Waals surface area contributed by atoms with Crippen LogP contribution >= 0.6 is 0 Å². The van der Waals surface area contributed by atoms with Crippen molar-refractivity contribution in [2.75, 3.05) is 13.1 Å². The van der Waals surface area contributed by atoms with E-state index >= 15 is 0 Å². The van der Waals surface area contributed by atoms with Crippen LogP contribution in [-0.4, -0.2) is 29.6 Å². The lowest BCUT2D eigenvalue weighted by Gasteiger charge is -2.29. The van der Waals surface area contributed by atoms with Crippen molar-refractivity contribution in [3.05, 3.63) is 40.8 Å². The van der Waals surface area contributed by atoms with Crippen molar-refractivity contribution in [2.24, 2.45) is 11.0 Å². The molecule has 2 N–H and O–H groups in total. The van der Waals surface area contributed by atoms with Gasteiger partial charge in [-0.05, 0) is 18.4 Å². The van der Waals surface area contributed by atoms with E-state index in [9.17, 15) is 9.70 Å². The Bertz CT molecular complexity index is 552. The number of esters is 1. The number of carbonyl (C=O) groups excluding carboxylic acids is 1. The summed E-state index contributed by atoms with van der Waals surface area (Å²) in [6.45, 7) is 3.45. The van der Waals surface area contributed by atoms with Gasteiger partial charge in [0.1, 0.15) is 18.2 Å². The van der Waals surface area contributed by atoms with E-state index in [2.05, 4.69) is 5.29 Å². The van der Waals surface area contributed by atoms with Crippen molar-refractivity contribution in [3.63, 3.8) is 0 Å². The monoisotopic (exact) mass is 318 g/mol. The van der Waals surface area contributed by atoms with Gasteiger partial charge in [-0.2, -0.15) is 5.26 Å². The minimum atomic E-state index is -1.07. The van der Waals surface area contributed by atoms with Gasteiger partial charge in [-0.1, -0.05) is 44.2 Å². The number of nitrogens with zero attached hydrogens (tertiary/aromatic N) is 3. The highest BCUT2D eigenvalue weighted by Gasteiger charge is 2.34. The van der Waals surface area contributed by atoms with E-state index in [-0.39, 0.29) is 13.1 Å². The standard InChI is InChI=1S/C16H22N4O3/c1-3-16(18,4-2)15(21)23-14(12-20(19-22)11-10-17)13-8-6-5-7-9-13/h5-9,14H,3-4,11-12,18H2,1-2H3. The van der Waals surface area contributed by atoms with E-state index in [0.717, 1.165) is 5.01 Å². The summed E-state index contributed by atoms with van der Waals surface area (Å²) < 4.78 is 5.55.